The summed E-state index contributed by atoms with van der Waals surface area (Å²) in [6, 6.07) is 13.7. The number of anilines is 1. The van der Waals surface area contributed by atoms with Crippen molar-refractivity contribution >= 4 is 11.8 Å². The summed E-state index contributed by atoms with van der Waals surface area (Å²) in [6.45, 7) is 0.954. The SMILES string of the molecule is CN1CC[C@H](NC(=O)Nc2cccnn2)[C@H]1c1ccccc1. The van der Waals surface area contributed by atoms with Gasteiger partial charge in [-0.05, 0) is 31.2 Å². The van der Waals surface area contributed by atoms with E-state index in [-0.39, 0.29) is 18.1 Å². The van der Waals surface area contributed by atoms with E-state index in [0.717, 1.165) is 13.0 Å². The van der Waals surface area contributed by atoms with Gasteiger partial charge in [0.1, 0.15) is 0 Å². The first-order valence-electron chi connectivity index (χ1n) is 7.34. The van der Waals surface area contributed by atoms with Crippen LogP contribution in [0.2, 0.25) is 0 Å². The lowest BCUT2D eigenvalue weighted by atomic mass is 10.0. The second-order valence-electron chi connectivity index (χ2n) is 5.44. The molecule has 2 N–H and O–H groups in total. The molecule has 0 bridgehead atoms. The fourth-order valence-corrected chi connectivity index (χ4v) is 2.92. The second-order valence-corrected chi connectivity index (χ2v) is 5.44. The van der Waals surface area contributed by atoms with Crippen molar-refractivity contribution in [3.05, 3.63) is 54.2 Å². The van der Waals surface area contributed by atoms with E-state index in [1.54, 1.807) is 18.3 Å². The van der Waals surface area contributed by atoms with Gasteiger partial charge >= 0.3 is 6.03 Å². The van der Waals surface area contributed by atoms with E-state index in [0.29, 0.717) is 5.82 Å². The van der Waals surface area contributed by atoms with Crippen LogP contribution in [0.25, 0.3) is 0 Å². The summed E-state index contributed by atoms with van der Waals surface area (Å²) >= 11 is 0. The molecular formula is C16H19N5O. The summed E-state index contributed by atoms with van der Waals surface area (Å²) in [6.07, 6.45) is 2.49. The lowest BCUT2D eigenvalue weighted by Crippen LogP contribution is -2.41. The van der Waals surface area contributed by atoms with Crippen LogP contribution in [-0.2, 0) is 0 Å². The highest BCUT2D eigenvalue weighted by Crippen LogP contribution is 2.30. The van der Waals surface area contributed by atoms with E-state index in [4.69, 9.17) is 0 Å². The summed E-state index contributed by atoms with van der Waals surface area (Å²) in [5.74, 6) is 0.447. The van der Waals surface area contributed by atoms with Crippen LogP contribution in [0.15, 0.2) is 48.7 Å². The normalized spacial score (nSPS) is 21.5. The molecule has 0 saturated carbocycles. The fourth-order valence-electron chi connectivity index (χ4n) is 2.92. The molecule has 2 amide bonds. The Hall–Kier alpha value is -2.47. The van der Waals surface area contributed by atoms with E-state index >= 15 is 0 Å². The Balaban J connectivity index is 1.67. The van der Waals surface area contributed by atoms with E-state index < -0.39 is 0 Å². The van der Waals surface area contributed by atoms with Gasteiger partial charge in [0.15, 0.2) is 5.82 Å². The molecule has 1 aromatic heterocycles. The molecule has 114 valence electrons. The van der Waals surface area contributed by atoms with Crippen molar-refractivity contribution in [2.75, 3.05) is 18.9 Å². The van der Waals surface area contributed by atoms with E-state index in [2.05, 4.69) is 44.9 Å². The number of hydrogen-bond donors (Lipinski definition) is 2. The monoisotopic (exact) mass is 297 g/mol. The molecule has 1 saturated heterocycles. The molecule has 6 heteroatoms. The number of carbonyl (C=O) groups excluding carboxylic acids is 1. The van der Waals surface area contributed by atoms with Crippen LogP contribution in [0.3, 0.4) is 0 Å². The van der Waals surface area contributed by atoms with Gasteiger partial charge in [0.25, 0.3) is 0 Å². The van der Waals surface area contributed by atoms with E-state index in [1.807, 2.05) is 18.2 Å². The number of hydrogen-bond acceptors (Lipinski definition) is 4. The van der Waals surface area contributed by atoms with Gasteiger partial charge in [-0.15, -0.1) is 5.10 Å². The van der Waals surface area contributed by atoms with Crippen LogP contribution in [0.1, 0.15) is 18.0 Å². The molecule has 0 radical (unpaired) electrons. The van der Waals surface area contributed by atoms with Crippen molar-refractivity contribution in [3.63, 3.8) is 0 Å². The Bertz CT molecular complexity index is 619. The number of rotatable bonds is 3. The number of amides is 2. The zero-order chi connectivity index (χ0) is 15.4. The van der Waals surface area contributed by atoms with Gasteiger partial charge in [-0.2, -0.15) is 5.10 Å². The van der Waals surface area contributed by atoms with Crippen LogP contribution in [0.4, 0.5) is 10.6 Å². The average Bonchev–Trinajstić information content (AvgIpc) is 2.89. The first-order chi connectivity index (χ1) is 10.7. The summed E-state index contributed by atoms with van der Waals surface area (Å²) in [5, 5.41) is 13.4. The summed E-state index contributed by atoms with van der Waals surface area (Å²) in [5.41, 5.74) is 1.22. The quantitative estimate of drug-likeness (QED) is 0.909. The number of nitrogens with zero attached hydrogens (tertiary/aromatic N) is 3. The van der Waals surface area contributed by atoms with Gasteiger partial charge in [-0.1, -0.05) is 30.3 Å². The van der Waals surface area contributed by atoms with Gasteiger partial charge in [-0.25, -0.2) is 4.79 Å². The van der Waals surface area contributed by atoms with Gasteiger partial charge in [-0.3, -0.25) is 10.2 Å². The zero-order valence-electron chi connectivity index (χ0n) is 12.4. The van der Waals surface area contributed by atoms with Crippen molar-refractivity contribution in [3.8, 4) is 0 Å². The standard InChI is InChI=1S/C16H19N5O/c1-21-11-9-13(15(21)12-6-3-2-4-7-12)18-16(22)19-14-8-5-10-17-20-14/h2-8,10,13,15H,9,11H2,1H3,(H2,18,19,20,22)/t13-,15+/m0/s1. The highest BCUT2D eigenvalue weighted by atomic mass is 16.2. The van der Waals surface area contributed by atoms with Crippen molar-refractivity contribution in [2.45, 2.75) is 18.5 Å². The summed E-state index contributed by atoms with van der Waals surface area (Å²) in [4.78, 5) is 14.4. The molecule has 1 aliphatic rings. The van der Waals surface area contributed by atoms with Crippen molar-refractivity contribution < 1.29 is 4.79 Å². The molecule has 2 atom stereocenters. The van der Waals surface area contributed by atoms with Crippen molar-refractivity contribution in [2.24, 2.45) is 0 Å². The highest BCUT2D eigenvalue weighted by Gasteiger charge is 2.33. The lowest BCUT2D eigenvalue weighted by molar-refractivity contribution is 0.240. The Morgan fingerprint density at radius 2 is 2.05 bits per heavy atom. The van der Waals surface area contributed by atoms with Gasteiger partial charge < -0.3 is 5.32 Å². The summed E-state index contributed by atoms with van der Waals surface area (Å²) < 4.78 is 0. The Morgan fingerprint density at radius 1 is 1.23 bits per heavy atom. The van der Waals surface area contributed by atoms with Crippen LogP contribution in [-0.4, -0.2) is 40.8 Å². The number of carbonyl (C=O) groups is 1. The third-order valence-electron chi connectivity index (χ3n) is 3.92. The minimum Gasteiger partial charge on any atom is -0.333 e. The number of urea groups is 1. The van der Waals surface area contributed by atoms with Crippen molar-refractivity contribution in [1.29, 1.82) is 0 Å². The molecule has 1 fully saturated rings. The Morgan fingerprint density at radius 3 is 2.77 bits per heavy atom. The summed E-state index contributed by atoms with van der Waals surface area (Å²) in [7, 11) is 2.08. The lowest BCUT2D eigenvalue weighted by Gasteiger charge is -2.26. The molecule has 6 nitrogen and oxygen atoms in total. The highest BCUT2D eigenvalue weighted by molar-refractivity contribution is 5.88. The zero-order valence-corrected chi connectivity index (χ0v) is 12.4. The number of likely N-dealkylation sites (N-methyl/N-ethyl adjacent to an activating group) is 1. The second kappa shape index (κ2) is 6.53. The maximum absolute atomic E-state index is 12.1. The third kappa shape index (κ3) is 3.23. The number of aromatic nitrogens is 2. The predicted octanol–water partition coefficient (Wildman–Crippen LogP) is 2.04. The number of likely N-dealkylation sites (tertiary alicyclic amines) is 1. The number of benzene rings is 1. The topological polar surface area (TPSA) is 70.2 Å². The number of nitrogens with one attached hydrogen (secondary N) is 2. The Kier molecular flexibility index (Phi) is 4.29. The molecule has 0 unspecified atom stereocenters. The van der Waals surface area contributed by atoms with Crippen molar-refractivity contribution in [1.82, 2.24) is 20.4 Å². The van der Waals surface area contributed by atoms with Crippen LogP contribution >= 0.6 is 0 Å². The first kappa shape index (κ1) is 14.5. The van der Waals surface area contributed by atoms with E-state index in [1.165, 1.54) is 5.56 Å². The molecule has 1 aromatic carbocycles. The van der Waals surface area contributed by atoms with Gasteiger partial charge in [0.05, 0.1) is 12.1 Å². The van der Waals surface area contributed by atoms with Crippen LogP contribution in [0.5, 0.6) is 0 Å². The van der Waals surface area contributed by atoms with Gasteiger partial charge in [0, 0.05) is 12.7 Å². The molecule has 2 aromatic rings. The first-order valence-corrected chi connectivity index (χ1v) is 7.34. The Labute approximate surface area is 129 Å². The molecule has 22 heavy (non-hydrogen) atoms. The largest absolute Gasteiger partial charge is 0.333 e. The maximum atomic E-state index is 12.1. The predicted molar refractivity (Wildman–Crippen MR) is 84.4 cm³/mol. The maximum Gasteiger partial charge on any atom is 0.320 e. The average molecular weight is 297 g/mol. The molecule has 2 heterocycles. The minimum atomic E-state index is -0.248. The molecular weight excluding hydrogens is 278 g/mol. The smallest absolute Gasteiger partial charge is 0.320 e. The van der Waals surface area contributed by atoms with E-state index in [9.17, 15) is 4.79 Å². The van der Waals surface area contributed by atoms with Crippen LogP contribution in [0, 0.1) is 0 Å². The molecule has 3 rings (SSSR count). The van der Waals surface area contributed by atoms with Gasteiger partial charge in [0.2, 0.25) is 0 Å². The molecule has 0 spiro atoms. The third-order valence-corrected chi connectivity index (χ3v) is 3.92. The molecule has 1 aliphatic heterocycles. The van der Waals surface area contributed by atoms with Crippen LogP contribution < -0.4 is 10.6 Å². The molecule has 0 aliphatic carbocycles. The fraction of sp³-hybridized carbons (Fsp3) is 0.312. The minimum absolute atomic E-state index is 0.0732.